The zero-order valence-corrected chi connectivity index (χ0v) is 15.6. The van der Waals surface area contributed by atoms with E-state index in [1.807, 2.05) is 13.8 Å². The minimum atomic E-state index is -0.795. The highest BCUT2D eigenvalue weighted by molar-refractivity contribution is 8.18. The molecule has 2 aromatic rings. The predicted molar refractivity (Wildman–Crippen MR) is 102 cm³/mol. The Morgan fingerprint density at radius 1 is 1.07 bits per heavy atom. The maximum absolute atomic E-state index is 14.0. The molecule has 1 aliphatic rings. The molecule has 1 aliphatic heterocycles. The molecule has 0 spiro atoms. The van der Waals surface area contributed by atoms with E-state index in [1.165, 1.54) is 23.1 Å². The number of aliphatic imine (C=N–C) groups is 1. The molecule has 1 fully saturated rings. The van der Waals surface area contributed by atoms with E-state index in [-0.39, 0.29) is 23.3 Å². The summed E-state index contributed by atoms with van der Waals surface area (Å²) >= 11 is 1.11. The van der Waals surface area contributed by atoms with Gasteiger partial charge in [0.05, 0.1) is 4.91 Å². The fourth-order valence-electron chi connectivity index (χ4n) is 2.50. The lowest BCUT2D eigenvalue weighted by atomic mass is 10.2. The Labute approximate surface area is 159 Å². The van der Waals surface area contributed by atoms with Crippen LogP contribution in [0.25, 0.3) is 6.08 Å². The van der Waals surface area contributed by atoms with E-state index < -0.39 is 11.6 Å². The zero-order chi connectivity index (χ0) is 19.6. The van der Waals surface area contributed by atoms with Crippen LogP contribution in [0.15, 0.2) is 52.4 Å². The van der Waals surface area contributed by atoms with Gasteiger partial charge in [-0.3, -0.25) is 9.69 Å². The Balaban J connectivity index is 1.97. The molecule has 1 amide bonds. The van der Waals surface area contributed by atoms with Crippen LogP contribution in [0.4, 0.5) is 18.9 Å². The summed E-state index contributed by atoms with van der Waals surface area (Å²) < 4.78 is 40.1. The summed E-state index contributed by atoms with van der Waals surface area (Å²) in [4.78, 5) is 18.9. The monoisotopic (exact) mass is 390 g/mol. The van der Waals surface area contributed by atoms with Gasteiger partial charge in [-0.05, 0) is 53.6 Å². The highest BCUT2D eigenvalue weighted by atomic mass is 32.2. The lowest BCUT2D eigenvalue weighted by molar-refractivity contribution is -0.122. The van der Waals surface area contributed by atoms with Gasteiger partial charge in [-0.2, -0.15) is 0 Å². The number of halogens is 3. The molecule has 27 heavy (non-hydrogen) atoms. The number of hydrogen-bond acceptors (Lipinski definition) is 3. The van der Waals surface area contributed by atoms with Crippen molar-refractivity contribution < 1.29 is 18.0 Å². The number of hydrogen-bond donors (Lipinski definition) is 0. The molecule has 0 aromatic heterocycles. The molecule has 0 N–H and O–H groups in total. The highest BCUT2D eigenvalue weighted by Gasteiger charge is 2.33. The second-order valence-corrected chi connectivity index (χ2v) is 7.47. The van der Waals surface area contributed by atoms with E-state index in [0.29, 0.717) is 22.2 Å². The van der Waals surface area contributed by atoms with Crippen molar-refractivity contribution >= 4 is 34.6 Å². The van der Waals surface area contributed by atoms with Crippen molar-refractivity contribution in [1.29, 1.82) is 0 Å². The number of carbonyl (C=O) groups is 1. The number of thioether (sulfide) groups is 1. The molecule has 0 radical (unpaired) electrons. The van der Waals surface area contributed by atoms with Gasteiger partial charge < -0.3 is 0 Å². The van der Waals surface area contributed by atoms with Gasteiger partial charge in [0.2, 0.25) is 0 Å². The lowest BCUT2D eigenvalue weighted by Gasteiger charge is -2.17. The molecule has 0 aliphatic carbocycles. The molecule has 0 bridgehead atoms. The Hall–Kier alpha value is -2.54. The Bertz CT molecular complexity index is 923. The molecule has 0 unspecified atom stereocenters. The minimum Gasteiger partial charge on any atom is -0.286 e. The van der Waals surface area contributed by atoms with Crippen molar-refractivity contribution in [1.82, 2.24) is 4.90 Å². The molecule has 0 atom stereocenters. The zero-order valence-electron chi connectivity index (χ0n) is 14.7. The maximum atomic E-state index is 14.0. The number of carbonyl (C=O) groups excluding carboxylic acids is 1. The van der Waals surface area contributed by atoms with E-state index in [1.54, 1.807) is 18.2 Å². The van der Waals surface area contributed by atoms with Gasteiger partial charge in [-0.25, -0.2) is 18.2 Å². The normalized spacial score (nSPS) is 17.6. The summed E-state index contributed by atoms with van der Waals surface area (Å²) in [7, 11) is 0. The second-order valence-electron chi connectivity index (χ2n) is 6.46. The molecule has 0 saturated carbocycles. The van der Waals surface area contributed by atoms with Gasteiger partial charge >= 0.3 is 0 Å². The number of amidine groups is 1. The number of rotatable bonds is 4. The largest absolute Gasteiger partial charge is 0.286 e. The number of benzene rings is 2. The van der Waals surface area contributed by atoms with Crippen molar-refractivity contribution in [3.05, 3.63) is 70.4 Å². The summed E-state index contributed by atoms with van der Waals surface area (Å²) in [5.74, 6) is -1.93. The van der Waals surface area contributed by atoms with E-state index in [2.05, 4.69) is 4.99 Å². The van der Waals surface area contributed by atoms with Crippen molar-refractivity contribution in [3.63, 3.8) is 0 Å². The van der Waals surface area contributed by atoms with Gasteiger partial charge in [0.15, 0.2) is 11.0 Å². The fraction of sp³-hybridized carbons (Fsp3) is 0.200. The lowest BCUT2D eigenvalue weighted by Crippen LogP contribution is -2.32. The SMILES string of the molecule is CC(C)CN1C(=O)/C(=C\c2ccc(F)cc2)SC1=Nc1ccc(F)cc1F. The quantitative estimate of drug-likeness (QED) is 0.658. The molecule has 3 rings (SSSR count). The first-order chi connectivity index (χ1) is 12.8. The third-order valence-corrected chi connectivity index (χ3v) is 4.74. The molecule has 1 heterocycles. The van der Waals surface area contributed by atoms with Crippen LogP contribution in [0, 0.1) is 23.4 Å². The summed E-state index contributed by atoms with van der Waals surface area (Å²) in [5.41, 5.74) is 0.634. The summed E-state index contributed by atoms with van der Waals surface area (Å²) in [5, 5.41) is 0.326. The summed E-state index contributed by atoms with van der Waals surface area (Å²) in [6.07, 6.45) is 1.64. The number of nitrogens with zero attached hydrogens (tertiary/aromatic N) is 2. The van der Waals surface area contributed by atoms with Crippen molar-refractivity contribution in [2.45, 2.75) is 13.8 Å². The van der Waals surface area contributed by atoms with Gasteiger partial charge in [0.25, 0.3) is 5.91 Å². The van der Waals surface area contributed by atoms with Crippen LogP contribution in [0.2, 0.25) is 0 Å². The van der Waals surface area contributed by atoms with Gasteiger partial charge in [-0.1, -0.05) is 26.0 Å². The second kappa shape index (κ2) is 8.00. The van der Waals surface area contributed by atoms with Crippen molar-refractivity contribution in [2.24, 2.45) is 10.9 Å². The first kappa shape index (κ1) is 19.2. The van der Waals surface area contributed by atoms with E-state index in [4.69, 9.17) is 0 Å². The Morgan fingerprint density at radius 2 is 1.74 bits per heavy atom. The molecule has 140 valence electrons. The average Bonchev–Trinajstić information content (AvgIpc) is 2.88. The minimum absolute atomic E-state index is 0.0384. The average molecular weight is 390 g/mol. The van der Waals surface area contributed by atoms with Crippen LogP contribution >= 0.6 is 11.8 Å². The fourth-order valence-corrected chi connectivity index (χ4v) is 3.50. The van der Waals surface area contributed by atoms with Crippen molar-refractivity contribution in [2.75, 3.05) is 6.54 Å². The highest BCUT2D eigenvalue weighted by Crippen LogP contribution is 2.35. The van der Waals surface area contributed by atoms with Crippen LogP contribution in [-0.2, 0) is 4.79 Å². The molecule has 3 nitrogen and oxygen atoms in total. The Morgan fingerprint density at radius 3 is 2.37 bits per heavy atom. The van der Waals surface area contributed by atoms with Crippen LogP contribution in [0.5, 0.6) is 0 Å². The van der Waals surface area contributed by atoms with Crippen LogP contribution in [0.3, 0.4) is 0 Å². The van der Waals surface area contributed by atoms with Crippen LogP contribution in [-0.4, -0.2) is 22.5 Å². The summed E-state index contributed by atoms with van der Waals surface area (Å²) in [6, 6.07) is 8.86. The topological polar surface area (TPSA) is 32.7 Å². The third kappa shape index (κ3) is 4.60. The van der Waals surface area contributed by atoms with E-state index >= 15 is 0 Å². The van der Waals surface area contributed by atoms with Crippen molar-refractivity contribution in [3.8, 4) is 0 Å². The maximum Gasteiger partial charge on any atom is 0.266 e. The van der Waals surface area contributed by atoms with Gasteiger partial charge in [0.1, 0.15) is 17.3 Å². The summed E-state index contributed by atoms with van der Waals surface area (Å²) in [6.45, 7) is 4.32. The molecule has 2 aromatic carbocycles. The van der Waals surface area contributed by atoms with E-state index in [0.717, 1.165) is 23.9 Å². The van der Waals surface area contributed by atoms with E-state index in [9.17, 15) is 18.0 Å². The first-order valence-corrected chi connectivity index (χ1v) is 9.16. The predicted octanol–water partition coefficient (Wildman–Crippen LogP) is 5.36. The standard InChI is InChI=1S/C20H17F3N2OS/c1-12(2)11-25-19(26)18(9-13-3-5-14(21)6-4-13)27-20(25)24-17-8-7-15(22)10-16(17)23/h3-10,12H,11H2,1-2H3/b18-9+,24-20?. The number of amides is 1. The first-order valence-electron chi connectivity index (χ1n) is 8.34. The molecular formula is C20H17F3N2OS. The van der Waals surface area contributed by atoms with Crippen LogP contribution < -0.4 is 0 Å². The van der Waals surface area contributed by atoms with Gasteiger partial charge in [-0.15, -0.1) is 0 Å². The molecule has 7 heteroatoms. The third-order valence-electron chi connectivity index (χ3n) is 3.73. The van der Waals surface area contributed by atoms with Crippen LogP contribution in [0.1, 0.15) is 19.4 Å². The smallest absolute Gasteiger partial charge is 0.266 e. The molecule has 1 saturated heterocycles. The molecular weight excluding hydrogens is 373 g/mol. The van der Waals surface area contributed by atoms with Gasteiger partial charge in [0, 0.05) is 12.6 Å². The Kier molecular flexibility index (Phi) is 5.70.